The minimum absolute atomic E-state index is 0.299. The molecule has 1 aromatic rings. The van der Waals surface area contributed by atoms with Gasteiger partial charge in [0.25, 0.3) is 0 Å². The number of ether oxygens (including phenoxy) is 1. The molecule has 1 saturated heterocycles. The predicted octanol–water partition coefficient (Wildman–Crippen LogP) is 3.27. The molecule has 4 heteroatoms. The minimum Gasteiger partial charge on any atom is -0.376 e. The zero-order valence-corrected chi connectivity index (χ0v) is 12.1. The van der Waals surface area contributed by atoms with Crippen LogP contribution in [0.3, 0.4) is 0 Å². The SMILES string of the molecule is CCN(CC1CCCO1)c1ccc(Br)cc1C=O. The van der Waals surface area contributed by atoms with E-state index in [2.05, 4.69) is 27.8 Å². The first kappa shape index (κ1) is 13.6. The minimum atomic E-state index is 0.299. The van der Waals surface area contributed by atoms with Crippen LogP contribution in [0.1, 0.15) is 30.1 Å². The van der Waals surface area contributed by atoms with Crippen molar-refractivity contribution < 1.29 is 9.53 Å². The maximum atomic E-state index is 11.2. The molecule has 0 bridgehead atoms. The van der Waals surface area contributed by atoms with Crippen LogP contribution >= 0.6 is 15.9 Å². The number of aldehydes is 1. The van der Waals surface area contributed by atoms with Gasteiger partial charge in [-0.15, -0.1) is 0 Å². The molecular weight excluding hydrogens is 294 g/mol. The molecule has 1 aliphatic heterocycles. The van der Waals surface area contributed by atoms with Crippen LogP contribution in [0.5, 0.6) is 0 Å². The summed E-state index contributed by atoms with van der Waals surface area (Å²) in [6, 6.07) is 5.83. The number of rotatable bonds is 5. The molecule has 1 unspecified atom stereocenters. The van der Waals surface area contributed by atoms with Crippen molar-refractivity contribution in [3.8, 4) is 0 Å². The molecule has 0 N–H and O–H groups in total. The summed E-state index contributed by atoms with van der Waals surface area (Å²) in [6.07, 6.45) is 3.47. The van der Waals surface area contributed by atoms with Gasteiger partial charge in [0, 0.05) is 35.4 Å². The number of nitrogens with zero attached hydrogens (tertiary/aromatic N) is 1. The van der Waals surface area contributed by atoms with Crippen molar-refractivity contribution in [2.45, 2.75) is 25.9 Å². The van der Waals surface area contributed by atoms with Crippen LogP contribution in [0.25, 0.3) is 0 Å². The van der Waals surface area contributed by atoms with Crippen molar-refractivity contribution in [3.63, 3.8) is 0 Å². The summed E-state index contributed by atoms with van der Waals surface area (Å²) in [5, 5.41) is 0. The van der Waals surface area contributed by atoms with Crippen LogP contribution in [0.4, 0.5) is 5.69 Å². The van der Waals surface area contributed by atoms with Crippen molar-refractivity contribution in [1.29, 1.82) is 0 Å². The topological polar surface area (TPSA) is 29.5 Å². The van der Waals surface area contributed by atoms with Crippen LogP contribution in [0, 0.1) is 0 Å². The second-order valence-corrected chi connectivity index (χ2v) is 5.41. The Kier molecular flexibility index (Phi) is 4.78. The third-order valence-electron chi connectivity index (χ3n) is 3.29. The predicted molar refractivity (Wildman–Crippen MR) is 76.4 cm³/mol. The Hall–Kier alpha value is -0.870. The van der Waals surface area contributed by atoms with E-state index in [-0.39, 0.29) is 0 Å². The zero-order valence-electron chi connectivity index (χ0n) is 10.6. The largest absolute Gasteiger partial charge is 0.376 e. The average Bonchev–Trinajstić information content (AvgIpc) is 2.89. The number of benzene rings is 1. The molecule has 0 aliphatic carbocycles. The molecule has 0 spiro atoms. The number of carbonyl (C=O) groups excluding carboxylic acids is 1. The maximum Gasteiger partial charge on any atom is 0.152 e. The number of anilines is 1. The lowest BCUT2D eigenvalue weighted by Gasteiger charge is -2.27. The number of halogens is 1. The van der Waals surface area contributed by atoms with Gasteiger partial charge < -0.3 is 9.64 Å². The van der Waals surface area contributed by atoms with Gasteiger partial charge >= 0.3 is 0 Å². The summed E-state index contributed by atoms with van der Waals surface area (Å²) in [5.41, 5.74) is 1.72. The Morgan fingerprint density at radius 2 is 2.39 bits per heavy atom. The van der Waals surface area contributed by atoms with Gasteiger partial charge in [-0.05, 0) is 38.0 Å². The van der Waals surface area contributed by atoms with Crippen molar-refractivity contribution in [1.82, 2.24) is 0 Å². The fourth-order valence-corrected chi connectivity index (χ4v) is 2.72. The van der Waals surface area contributed by atoms with E-state index in [4.69, 9.17) is 4.74 Å². The van der Waals surface area contributed by atoms with Crippen LogP contribution < -0.4 is 4.90 Å². The summed E-state index contributed by atoms with van der Waals surface area (Å²) in [5.74, 6) is 0. The monoisotopic (exact) mass is 311 g/mol. The first-order valence-corrected chi connectivity index (χ1v) is 7.15. The highest BCUT2D eigenvalue weighted by Gasteiger charge is 2.20. The van der Waals surface area contributed by atoms with Gasteiger partial charge in [0.2, 0.25) is 0 Å². The molecule has 1 atom stereocenters. The lowest BCUT2D eigenvalue weighted by Crippen LogP contribution is -2.32. The van der Waals surface area contributed by atoms with Gasteiger partial charge in [0.15, 0.2) is 6.29 Å². The van der Waals surface area contributed by atoms with E-state index < -0.39 is 0 Å². The second-order valence-electron chi connectivity index (χ2n) is 4.49. The lowest BCUT2D eigenvalue weighted by atomic mass is 10.1. The van der Waals surface area contributed by atoms with E-state index in [0.717, 1.165) is 54.5 Å². The van der Waals surface area contributed by atoms with E-state index >= 15 is 0 Å². The molecule has 1 fully saturated rings. The van der Waals surface area contributed by atoms with E-state index in [9.17, 15) is 4.79 Å². The molecule has 1 aliphatic rings. The first-order chi connectivity index (χ1) is 8.74. The molecule has 0 amide bonds. The van der Waals surface area contributed by atoms with E-state index in [1.165, 1.54) is 0 Å². The van der Waals surface area contributed by atoms with Crippen molar-refractivity contribution >= 4 is 27.9 Å². The van der Waals surface area contributed by atoms with Crippen molar-refractivity contribution in [2.24, 2.45) is 0 Å². The van der Waals surface area contributed by atoms with Gasteiger partial charge in [-0.3, -0.25) is 4.79 Å². The molecule has 18 heavy (non-hydrogen) atoms. The number of hydrogen-bond donors (Lipinski definition) is 0. The van der Waals surface area contributed by atoms with Crippen molar-refractivity contribution in [2.75, 3.05) is 24.6 Å². The molecule has 98 valence electrons. The highest BCUT2D eigenvalue weighted by molar-refractivity contribution is 9.10. The molecule has 1 aromatic carbocycles. The second kappa shape index (κ2) is 6.34. The zero-order chi connectivity index (χ0) is 13.0. The van der Waals surface area contributed by atoms with E-state index in [1.54, 1.807) is 0 Å². The maximum absolute atomic E-state index is 11.2. The Bertz CT molecular complexity index is 416. The summed E-state index contributed by atoms with van der Waals surface area (Å²) in [6.45, 7) is 4.70. The molecule has 0 radical (unpaired) electrons. The molecule has 0 aromatic heterocycles. The van der Waals surface area contributed by atoms with E-state index in [0.29, 0.717) is 6.10 Å². The standard InChI is InChI=1S/C14H18BrNO2/c1-2-16(9-13-4-3-7-18-13)14-6-5-12(15)8-11(14)10-17/h5-6,8,10,13H,2-4,7,9H2,1H3. The Morgan fingerprint density at radius 1 is 1.56 bits per heavy atom. The molecule has 3 nitrogen and oxygen atoms in total. The van der Waals surface area contributed by atoms with Gasteiger partial charge in [0.05, 0.1) is 6.10 Å². The quantitative estimate of drug-likeness (QED) is 0.782. The number of likely N-dealkylation sites (N-methyl/N-ethyl adjacent to an activating group) is 1. The smallest absolute Gasteiger partial charge is 0.152 e. The summed E-state index contributed by atoms with van der Waals surface area (Å²) < 4.78 is 6.60. The highest BCUT2D eigenvalue weighted by Crippen LogP contribution is 2.25. The molecule has 1 heterocycles. The molecule has 2 rings (SSSR count). The van der Waals surface area contributed by atoms with Crippen LogP contribution in [-0.2, 0) is 4.74 Å². The van der Waals surface area contributed by atoms with Gasteiger partial charge in [-0.2, -0.15) is 0 Å². The molecule has 0 saturated carbocycles. The fourth-order valence-electron chi connectivity index (χ4n) is 2.34. The Morgan fingerprint density at radius 3 is 3.00 bits per heavy atom. The fraction of sp³-hybridized carbons (Fsp3) is 0.500. The molecular formula is C14H18BrNO2. The summed E-state index contributed by atoms with van der Waals surface area (Å²) in [7, 11) is 0. The van der Waals surface area contributed by atoms with E-state index in [1.807, 2.05) is 18.2 Å². The number of carbonyl (C=O) groups is 1. The van der Waals surface area contributed by atoms with Crippen LogP contribution in [0.2, 0.25) is 0 Å². The van der Waals surface area contributed by atoms with Gasteiger partial charge in [-0.1, -0.05) is 15.9 Å². The summed E-state index contributed by atoms with van der Waals surface area (Å²) in [4.78, 5) is 13.4. The lowest BCUT2D eigenvalue weighted by molar-refractivity contribution is 0.111. The number of hydrogen-bond acceptors (Lipinski definition) is 3. The normalized spacial score (nSPS) is 18.9. The summed E-state index contributed by atoms with van der Waals surface area (Å²) >= 11 is 3.39. The van der Waals surface area contributed by atoms with Gasteiger partial charge in [0.1, 0.15) is 0 Å². The Balaban J connectivity index is 2.17. The third kappa shape index (κ3) is 3.12. The Labute approximate surface area is 116 Å². The van der Waals surface area contributed by atoms with Gasteiger partial charge in [-0.25, -0.2) is 0 Å². The first-order valence-electron chi connectivity index (χ1n) is 6.36. The van der Waals surface area contributed by atoms with Crippen LogP contribution in [-0.4, -0.2) is 32.1 Å². The average molecular weight is 312 g/mol. The third-order valence-corrected chi connectivity index (χ3v) is 3.78. The van der Waals surface area contributed by atoms with Crippen molar-refractivity contribution in [3.05, 3.63) is 28.2 Å². The highest BCUT2D eigenvalue weighted by atomic mass is 79.9. The van der Waals surface area contributed by atoms with Crippen LogP contribution in [0.15, 0.2) is 22.7 Å².